The summed E-state index contributed by atoms with van der Waals surface area (Å²) >= 11 is 0. The van der Waals surface area contributed by atoms with Crippen molar-refractivity contribution < 1.29 is 9.90 Å². The second-order valence-corrected chi connectivity index (χ2v) is 8.89. The number of hydrogen-bond donors (Lipinski definition) is 4. The highest BCUT2D eigenvalue weighted by Crippen LogP contribution is 2.22. The Morgan fingerprint density at radius 3 is 2.64 bits per heavy atom. The van der Waals surface area contributed by atoms with Gasteiger partial charge < -0.3 is 25.6 Å². The van der Waals surface area contributed by atoms with Gasteiger partial charge in [0.1, 0.15) is 11.5 Å². The Labute approximate surface area is 209 Å². The molecule has 0 saturated carbocycles. The Balaban J connectivity index is 1.19. The second kappa shape index (κ2) is 10.7. The molecule has 5 rings (SSSR count). The minimum atomic E-state index is -0.0874. The molecule has 0 spiro atoms. The number of anilines is 4. The third-order valence-corrected chi connectivity index (χ3v) is 6.24. The van der Waals surface area contributed by atoms with E-state index in [9.17, 15) is 4.79 Å². The molecule has 1 amide bonds. The number of aryl methyl sites for hydroxylation is 1. The molecule has 10 nitrogen and oxygen atoms in total. The Kier molecular flexibility index (Phi) is 7.06. The molecule has 0 radical (unpaired) electrons. The number of nitrogens with one attached hydrogen (secondary N) is 3. The predicted molar refractivity (Wildman–Crippen MR) is 141 cm³/mol. The van der Waals surface area contributed by atoms with Crippen molar-refractivity contribution in [3.63, 3.8) is 0 Å². The van der Waals surface area contributed by atoms with Gasteiger partial charge in [-0.3, -0.25) is 9.69 Å². The summed E-state index contributed by atoms with van der Waals surface area (Å²) in [5.74, 6) is 1.34. The highest BCUT2D eigenvalue weighted by Gasteiger charge is 2.19. The molecule has 36 heavy (non-hydrogen) atoms. The summed E-state index contributed by atoms with van der Waals surface area (Å²) in [6.45, 7) is 6.25. The monoisotopic (exact) mass is 486 g/mol. The number of aromatic amines is 1. The lowest BCUT2D eigenvalue weighted by molar-refractivity contribution is -0.115. The molecule has 1 aliphatic heterocycles. The first-order valence-corrected chi connectivity index (χ1v) is 12.1. The van der Waals surface area contributed by atoms with Gasteiger partial charge in [-0.2, -0.15) is 4.98 Å². The van der Waals surface area contributed by atoms with Crippen LogP contribution in [0.15, 0.2) is 54.9 Å². The van der Waals surface area contributed by atoms with Crippen LogP contribution in [0.1, 0.15) is 11.3 Å². The second-order valence-electron chi connectivity index (χ2n) is 8.89. The van der Waals surface area contributed by atoms with Crippen LogP contribution >= 0.6 is 0 Å². The number of nitrogens with zero attached hydrogens (tertiary/aromatic N) is 5. The zero-order valence-electron chi connectivity index (χ0n) is 20.2. The summed E-state index contributed by atoms with van der Waals surface area (Å²) in [7, 11) is 0. The van der Waals surface area contributed by atoms with Crippen LogP contribution in [0.3, 0.4) is 0 Å². The lowest BCUT2D eigenvalue weighted by Crippen LogP contribution is -2.47. The molecule has 186 valence electrons. The van der Waals surface area contributed by atoms with Crippen LogP contribution in [0.2, 0.25) is 0 Å². The summed E-state index contributed by atoms with van der Waals surface area (Å²) in [6.07, 6.45) is 3.82. The van der Waals surface area contributed by atoms with Crippen molar-refractivity contribution in [2.45, 2.75) is 13.3 Å². The van der Waals surface area contributed by atoms with E-state index in [4.69, 9.17) is 10.1 Å². The molecule has 0 bridgehead atoms. The molecule has 0 unspecified atom stereocenters. The van der Waals surface area contributed by atoms with Crippen molar-refractivity contribution >= 4 is 40.1 Å². The van der Waals surface area contributed by atoms with Crippen LogP contribution in [0.4, 0.5) is 23.1 Å². The van der Waals surface area contributed by atoms with Gasteiger partial charge in [-0.05, 0) is 48.9 Å². The number of amides is 1. The molecule has 10 heteroatoms. The number of aromatic nitrogens is 4. The summed E-state index contributed by atoms with van der Waals surface area (Å²) in [5, 5.41) is 16.4. The van der Waals surface area contributed by atoms with Gasteiger partial charge in [0.15, 0.2) is 0 Å². The average molecular weight is 487 g/mol. The number of carbonyl (C=O) groups is 1. The zero-order valence-corrected chi connectivity index (χ0v) is 20.2. The molecule has 1 fully saturated rings. The average Bonchev–Trinajstić information content (AvgIpc) is 3.28. The molecule has 3 aromatic heterocycles. The third-order valence-electron chi connectivity index (χ3n) is 6.24. The van der Waals surface area contributed by atoms with E-state index in [0.717, 1.165) is 65.7 Å². The Morgan fingerprint density at radius 1 is 1.08 bits per heavy atom. The Bertz CT molecular complexity index is 1330. The molecule has 0 aliphatic carbocycles. The lowest BCUT2D eigenvalue weighted by atomic mass is 10.1. The zero-order chi connectivity index (χ0) is 24.9. The largest absolute Gasteiger partial charge is 0.395 e. The molecular formula is C26H30N8O2. The first-order chi connectivity index (χ1) is 17.6. The molecule has 1 aliphatic rings. The maximum absolute atomic E-state index is 12.6. The number of rotatable bonds is 8. The van der Waals surface area contributed by atoms with Crippen molar-refractivity contribution in [2.75, 3.05) is 54.9 Å². The topological polar surface area (TPSA) is 122 Å². The quantitative estimate of drug-likeness (QED) is 0.300. The number of pyridine rings is 1. The van der Waals surface area contributed by atoms with E-state index in [-0.39, 0.29) is 18.9 Å². The number of piperazine rings is 1. The van der Waals surface area contributed by atoms with E-state index in [2.05, 4.69) is 35.4 Å². The highest BCUT2D eigenvalue weighted by molar-refractivity contribution is 5.95. The van der Waals surface area contributed by atoms with Crippen molar-refractivity contribution in [1.82, 2.24) is 24.8 Å². The predicted octanol–water partition coefficient (Wildman–Crippen LogP) is 2.70. The van der Waals surface area contributed by atoms with Gasteiger partial charge in [0.2, 0.25) is 11.9 Å². The minimum Gasteiger partial charge on any atom is -0.395 e. The van der Waals surface area contributed by atoms with Crippen molar-refractivity contribution in [3.8, 4) is 0 Å². The van der Waals surface area contributed by atoms with Crippen molar-refractivity contribution in [1.29, 1.82) is 0 Å². The summed E-state index contributed by atoms with van der Waals surface area (Å²) in [4.78, 5) is 33.7. The fourth-order valence-corrected chi connectivity index (χ4v) is 4.39. The van der Waals surface area contributed by atoms with Crippen LogP contribution in [0.25, 0.3) is 11.0 Å². The van der Waals surface area contributed by atoms with Gasteiger partial charge in [-0.25, -0.2) is 9.97 Å². The molecule has 1 saturated heterocycles. The minimum absolute atomic E-state index is 0.0874. The first kappa shape index (κ1) is 23.7. The van der Waals surface area contributed by atoms with Crippen LogP contribution in [-0.4, -0.2) is 75.2 Å². The number of hydrogen-bond acceptors (Lipinski definition) is 8. The van der Waals surface area contributed by atoms with Gasteiger partial charge >= 0.3 is 0 Å². The van der Waals surface area contributed by atoms with Crippen molar-refractivity contribution in [2.24, 2.45) is 0 Å². The maximum Gasteiger partial charge on any atom is 0.228 e. The van der Waals surface area contributed by atoms with Crippen molar-refractivity contribution in [3.05, 3.63) is 66.1 Å². The highest BCUT2D eigenvalue weighted by atomic mass is 16.3. The van der Waals surface area contributed by atoms with Crippen LogP contribution < -0.4 is 15.5 Å². The SMILES string of the molecule is Cc1cc(Nc2ccc(NC(=O)Cc3c[nH]c4ncccc34)cc2)nc(N2CCN(CCO)CC2)n1. The van der Waals surface area contributed by atoms with Crippen LogP contribution in [0.5, 0.6) is 0 Å². The number of aliphatic hydroxyl groups excluding tert-OH is 1. The molecule has 4 aromatic rings. The molecular weight excluding hydrogens is 456 g/mol. The van der Waals surface area contributed by atoms with Gasteiger partial charge in [-0.15, -0.1) is 0 Å². The fourth-order valence-electron chi connectivity index (χ4n) is 4.39. The molecule has 0 atom stereocenters. The van der Waals surface area contributed by atoms with E-state index in [1.54, 1.807) is 6.20 Å². The van der Waals surface area contributed by atoms with E-state index in [1.807, 2.05) is 55.6 Å². The Morgan fingerprint density at radius 2 is 1.86 bits per heavy atom. The number of aliphatic hydroxyl groups is 1. The first-order valence-electron chi connectivity index (χ1n) is 12.1. The summed E-state index contributed by atoms with van der Waals surface area (Å²) in [6, 6.07) is 13.3. The van der Waals surface area contributed by atoms with E-state index in [1.165, 1.54) is 0 Å². The van der Waals surface area contributed by atoms with Crippen LogP contribution in [-0.2, 0) is 11.2 Å². The number of fused-ring (bicyclic) bond motifs is 1. The van der Waals surface area contributed by atoms with E-state index >= 15 is 0 Å². The lowest BCUT2D eigenvalue weighted by Gasteiger charge is -2.34. The third kappa shape index (κ3) is 5.61. The van der Waals surface area contributed by atoms with Gasteiger partial charge in [0.25, 0.3) is 0 Å². The number of carbonyl (C=O) groups excluding carboxylic acids is 1. The van der Waals surface area contributed by atoms with E-state index in [0.29, 0.717) is 12.5 Å². The molecule has 1 aromatic carbocycles. The standard InChI is InChI=1S/C26H30N8O2/c1-18-15-23(32-26(29-18)34-11-9-33(10-12-34)13-14-35)30-20-4-6-21(7-5-20)31-24(36)16-19-17-28-25-22(19)3-2-8-27-25/h2-8,15,17,35H,9-14,16H2,1H3,(H,27,28)(H,31,36)(H,29,30,32). The van der Waals surface area contributed by atoms with Gasteiger partial charge in [0.05, 0.1) is 13.0 Å². The fraction of sp³-hybridized carbons (Fsp3) is 0.308. The summed E-state index contributed by atoms with van der Waals surface area (Å²) < 4.78 is 0. The molecule has 4 heterocycles. The maximum atomic E-state index is 12.6. The molecule has 4 N–H and O–H groups in total. The number of H-pyrrole nitrogens is 1. The van der Waals surface area contributed by atoms with Gasteiger partial charge in [0, 0.05) is 73.6 Å². The number of β-amino-alcohol motifs (C(OH)–C–C–N with tert-alkyl or cyclic N) is 1. The summed E-state index contributed by atoms with van der Waals surface area (Å²) in [5.41, 5.74) is 4.18. The smallest absolute Gasteiger partial charge is 0.228 e. The number of benzene rings is 1. The van der Waals surface area contributed by atoms with Crippen LogP contribution in [0, 0.1) is 6.92 Å². The van der Waals surface area contributed by atoms with E-state index < -0.39 is 0 Å². The van der Waals surface area contributed by atoms with Gasteiger partial charge in [-0.1, -0.05) is 0 Å². The normalized spacial score (nSPS) is 14.2. The Hall–Kier alpha value is -4.02.